The smallest absolute Gasteiger partial charge is 0.248 e. The van der Waals surface area contributed by atoms with Crippen molar-refractivity contribution in [2.45, 2.75) is 0 Å². The van der Waals surface area contributed by atoms with Crippen LogP contribution in [0, 0.1) is 0 Å². The first-order valence-corrected chi connectivity index (χ1v) is 4.81. The van der Waals surface area contributed by atoms with E-state index in [1.807, 2.05) is 24.3 Å². The average molecular weight is 213 g/mol. The third kappa shape index (κ3) is 1.52. The van der Waals surface area contributed by atoms with Gasteiger partial charge in [-0.2, -0.15) is 0 Å². The zero-order valence-electron chi connectivity index (χ0n) is 8.60. The fourth-order valence-corrected chi connectivity index (χ4v) is 1.70. The maximum Gasteiger partial charge on any atom is 0.248 e. The van der Waals surface area contributed by atoms with Gasteiger partial charge in [-0.1, -0.05) is 36.9 Å². The highest BCUT2D eigenvalue weighted by Crippen LogP contribution is 2.31. The number of fused-ring (bicyclic) bond motifs is 1. The van der Waals surface area contributed by atoms with Crippen molar-refractivity contribution >= 4 is 22.3 Å². The molecule has 0 aliphatic heterocycles. The summed E-state index contributed by atoms with van der Waals surface area (Å²) in [6, 6.07) is 10.7. The number of rotatable bonds is 2. The molecular weight excluding hydrogens is 202 g/mol. The molecule has 0 spiro atoms. The van der Waals surface area contributed by atoms with Crippen LogP contribution in [0.4, 0.5) is 0 Å². The molecule has 2 aromatic carbocycles. The molecule has 0 unspecified atom stereocenters. The molecule has 0 aliphatic carbocycles. The minimum atomic E-state index is -0.633. The first-order chi connectivity index (χ1) is 7.61. The highest BCUT2D eigenvalue weighted by atomic mass is 16.3. The van der Waals surface area contributed by atoms with Crippen molar-refractivity contribution in [3.63, 3.8) is 0 Å². The molecule has 1 amide bonds. The van der Waals surface area contributed by atoms with Crippen molar-refractivity contribution in [2.75, 3.05) is 0 Å². The Hall–Kier alpha value is -2.29. The van der Waals surface area contributed by atoms with E-state index < -0.39 is 5.91 Å². The van der Waals surface area contributed by atoms with Gasteiger partial charge in [-0.25, -0.2) is 0 Å². The first-order valence-electron chi connectivity index (χ1n) is 4.81. The van der Waals surface area contributed by atoms with Crippen molar-refractivity contribution in [3.8, 4) is 5.75 Å². The lowest BCUT2D eigenvalue weighted by Crippen LogP contribution is -2.12. The largest absolute Gasteiger partial charge is 0.507 e. The lowest BCUT2D eigenvalue weighted by molar-refractivity contribution is -0.112. The predicted octanol–water partition coefficient (Wildman–Crippen LogP) is 2.04. The minimum Gasteiger partial charge on any atom is -0.507 e. The molecule has 0 atom stereocenters. The van der Waals surface area contributed by atoms with Crippen LogP contribution in [-0.4, -0.2) is 11.0 Å². The molecule has 2 aromatic rings. The number of hydrogen-bond acceptors (Lipinski definition) is 2. The summed E-state index contributed by atoms with van der Waals surface area (Å²) in [7, 11) is 0. The summed E-state index contributed by atoms with van der Waals surface area (Å²) in [4.78, 5) is 11.1. The van der Waals surface area contributed by atoms with Crippen molar-refractivity contribution in [1.29, 1.82) is 0 Å². The SMILES string of the molecule is C=C(C(N)=O)c1c(O)ccc2ccccc12. The van der Waals surface area contributed by atoms with Gasteiger partial charge in [0.05, 0.1) is 0 Å². The summed E-state index contributed by atoms with van der Waals surface area (Å²) in [5, 5.41) is 11.5. The molecule has 0 radical (unpaired) electrons. The molecule has 3 nitrogen and oxygen atoms in total. The van der Waals surface area contributed by atoms with Crippen LogP contribution in [-0.2, 0) is 4.79 Å². The standard InChI is InChI=1S/C13H11NO2/c1-8(13(14)16)12-10-5-3-2-4-9(10)6-7-11(12)15/h2-7,15H,1H2,(H2,14,16). The van der Waals surface area contributed by atoms with Crippen LogP contribution in [0.2, 0.25) is 0 Å². The summed E-state index contributed by atoms with van der Waals surface area (Å²) in [5.41, 5.74) is 5.71. The van der Waals surface area contributed by atoms with Crippen LogP contribution < -0.4 is 5.73 Å². The van der Waals surface area contributed by atoms with E-state index in [4.69, 9.17) is 5.73 Å². The zero-order valence-corrected chi connectivity index (χ0v) is 8.60. The highest BCUT2D eigenvalue weighted by molar-refractivity contribution is 6.22. The number of carbonyl (C=O) groups is 1. The lowest BCUT2D eigenvalue weighted by atomic mass is 9.98. The second kappa shape index (κ2) is 3.70. The van der Waals surface area contributed by atoms with Crippen LogP contribution in [0.3, 0.4) is 0 Å². The van der Waals surface area contributed by atoms with Gasteiger partial charge >= 0.3 is 0 Å². The van der Waals surface area contributed by atoms with E-state index in [1.165, 1.54) is 6.07 Å². The summed E-state index contributed by atoms with van der Waals surface area (Å²) in [6.07, 6.45) is 0. The Labute approximate surface area is 92.8 Å². The summed E-state index contributed by atoms with van der Waals surface area (Å²) in [5.74, 6) is -0.617. The second-order valence-electron chi connectivity index (χ2n) is 3.52. The minimum absolute atomic E-state index is 0.0162. The van der Waals surface area contributed by atoms with Crippen molar-refractivity contribution in [3.05, 3.63) is 48.5 Å². The number of phenolic OH excluding ortho intramolecular Hbond substituents is 1. The average Bonchev–Trinajstić information content (AvgIpc) is 2.28. The van der Waals surface area contributed by atoms with E-state index in [-0.39, 0.29) is 11.3 Å². The molecular formula is C13H11NO2. The molecule has 0 aromatic heterocycles. The monoisotopic (exact) mass is 213 g/mol. The molecule has 0 bridgehead atoms. The number of phenols is 1. The Morgan fingerprint density at radius 3 is 2.56 bits per heavy atom. The molecule has 0 aliphatic rings. The number of benzene rings is 2. The van der Waals surface area contributed by atoms with E-state index in [0.717, 1.165) is 10.8 Å². The van der Waals surface area contributed by atoms with Gasteiger partial charge in [0.25, 0.3) is 0 Å². The molecule has 0 saturated heterocycles. The summed E-state index contributed by atoms with van der Waals surface area (Å²) in [6.45, 7) is 3.60. The lowest BCUT2D eigenvalue weighted by Gasteiger charge is -2.09. The Bertz CT molecular complexity index is 588. The van der Waals surface area contributed by atoms with Gasteiger partial charge in [0, 0.05) is 11.1 Å². The van der Waals surface area contributed by atoms with Crippen molar-refractivity contribution in [2.24, 2.45) is 5.73 Å². The van der Waals surface area contributed by atoms with Gasteiger partial charge in [-0.05, 0) is 16.8 Å². The fraction of sp³-hybridized carbons (Fsp3) is 0. The van der Waals surface area contributed by atoms with Gasteiger partial charge in [-0.15, -0.1) is 0 Å². The second-order valence-corrected chi connectivity index (χ2v) is 3.52. The molecule has 0 fully saturated rings. The van der Waals surface area contributed by atoms with E-state index in [9.17, 15) is 9.90 Å². The van der Waals surface area contributed by atoms with Gasteiger partial charge in [-0.3, -0.25) is 4.79 Å². The molecule has 0 saturated carbocycles. The summed E-state index contributed by atoms with van der Waals surface area (Å²) < 4.78 is 0. The van der Waals surface area contributed by atoms with Gasteiger partial charge in [0.2, 0.25) is 5.91 Å². The maximum absolute atomic E-state index is 11.1. The molecule has 0 heterocycles. The normalized spacial score (nSPS) is 10.2. The maximum atomic E-state index is 11.1. The number of amides is 1. The van der Waals surface area contributed by atoms with Gasteiger partial charge < -0.3 is 10.8 Å². The third-order valence-electron chi connectivity index (χ3n) is 2.51. The third-order valence-corrected chi connectivity index (χ3v) is 2.51. The Morgan fingerprint density at radius 2 is 1.88 bits per heavy atom. The Morgan fingerprint density at radius 1 is 1.19 bits per heavy atom. The predicted molar refractivity (Wildman–Crippen MR) is 63.8 cm³/mol. The quantitative estimate of drug-likeness (QED) is 0.750. The van der Waals surface area contributed by atoms with Crippen molar-refractivity contribution in [1.82, 2.24) is 0 Å². The Kier molecular flexibility index (Phi) is 2.37. The molecule has 2 rings (SSSR count). The van der Waals surface area contributed by atoms with Crippen molar-refractivity contribution < 1.29 is 9.90 Å². The topological polar surface area (TPSA) is 63.3 Å². The number of nitrogens with two attached hydrogens (primary N) is 1. The highest BCUT2D eigenvalue weighted by Gasteiger charge is 2.13. The Balaban J connectivity index is 2.80. The number of primary amides is 1. The molecule has 3 heteroatoms. The van der Waals surface area contributed by atoms with Gasteiger partial charge in [0.15, 0.2) is 0 Å². The molecule has 80 valence electrons. The van der Waals surface area contributed by atoms with Crippen LogP contribution in [0.1, 0.15) is 5.56 Å². The molecule has 3 N–H and O–H groups in total. The fourth-order valence-electron chi connectivity index (χ4n) is 1.70. The van der Waals surface area contributed by atoms with Gasteiger partial charge in [0.1, 0.15) is 5.75 Å². The van der Waals surface area contributed by atoms with E-state index in [1.54, 1.807) is 6.07 Å². The van der Waals surface area contributed by atoms with Crippen LogP contribution in [0.15, 0.2) is 43.0 Å². The van der Waals surface area contributed by atoms with Crippen LogP contribution >= 0.6 is 0 Å². The molecule has 16 heavy (non-hydrogen) atoms. The first kappa shape index (κ1) is 10.2. The number of hydrogen-bond donors (Lipinski definition) is 2. The number of aromatic hydroxyl groups is 1. The summed E-state index contributed by atoms with van der Waals surface area (Å²) >= 11 is 0. The van der Waals surface area contributed by atoms with Crippen LogP contribution in [0.5, 0.6) is 5.75 Å². The van der Waals surface area contributed by atoms with E-state index in [0.29, 0.717) is 5.56 Å². The van der Waals surface area contributed by atoms with E-state index in [2.05, 4.69) is 6.58 Å². The zero-order chi connectivity index (χ0) is 11.7. The van der Waals surface area contributed by atoms with E-state index >= 15 is 0 Å². The number of carbonyl (C=O) groups excluding carboxylic acids is 1. The van der Waals surface area contributed by atoms with Crippen LogP contribution in [0.25, 0.3) is 16.3 Å².